The summed E-state index contributed by atoms with van der Waals surface area (Å²) in [6, 6.07) is 3.86. The maximum absolute atomic E-state index is 14.8. The molecule has 33 heavy (non-hydrogen) atoms. The summed E-state index contributed by atoms with van der Waals surface area (Å²) in [5.41, 5.74) is -0.265. The number of fused-ring (bicyclic) bond motifs is 1. The Bertz CT molecular complexity index is 1170. The normalized spacial score (nSPS) is 19.9. The molecule has 0 radical (unpaired) electrons. The zero-order valence-electron chi connectivity index (χ0n) is 19.2. The summed E-state index contributed by atoms with van der Waals surface area (Å²) in [5, 5.41) is 10.6. The third-order valence-electron chi connectivity index (χ3n) is 6.37. The SMILES string of the molecule is CC(C)(C)C(NC(=O)c1nn(CC2CCS(=O)(=O)CC2)c2c(F)cccc12)C(=O)NC1CC1. The Labute approximate surface area is 193 Å². The first-order valence-electron chi connectivity index (χ1n) is 11.4. The highest BCUT2D eigenvalue weighted by atomic mass is 32.2. The lowest BCUT2D eigenvalue weighted by molar-refractivity contribution is -0.125. The van der Waals surface area contributed by atoms with Crippen LogP contribution in [0.25, 0.3) is 10.9 Å². The molecular formula is C23H31FN4O4S. The van der Waals surface area contributed by atoms with E-state index >= 15 is 0 Å². The van der Waals surface area contributed by atoms with Crippen LogP contribution in [0.5, 0.6) is 0 Å². The number of halogens is 1. The second kappa shape index (κ2) is 8.70. The van der Waals surface area contributed by atoms with E-state index in [1.165, 1.54) is 16.8 Å². The largest absolute Gasteiger partial charge is 0.352 e. The van der Waals surface area contributed by atoms with Gasteiger partial charge in [-0.25, -0.2) is 12.8 Å². The van der Waals surface area contributed by atoms with E-state index in [0.29, 0.717) is 24.8 Å². The average Bonchev–Trinajstić information content (AvgIpc) is 3.45. The van der Waals surface area contributed by atoms with Gasteiger partial charge in [0.05, 0.1) is 11.5 Å². The molecule has 8 nitrogen and oxygen atoms in total. The molecule has 1 aliphatic carbocycles. The Morgan fingerprint density at radius 2 is 1.85 bits per heavy atom. The summed E-state index contributed by atoms with van der Waals surface area (Å²) in [5.74, 6) is -1.04. The third-order valence-corrected chi connectivity index (χ3v) is 8.08. The van der Waals surface area contributed by atoms with Crippen molar-refractivity contribution in [3.05, 3.63) is 29.7 Å². The molecule has 2 N–H and O–H groups in total. The van der Waals surface area contributed by atoms with Crippen molar-refractivity contribution >= 4 is 32.6 Å². The molecule has 2 aromatic rings. The third kappa shape index (κ3) is 5.37. The van der Waals surface area contributed by atoms with Gasteiger partial charge >= 0.3 is 0 Å². The Hall–Kier alpha value is -2.49. The first kappa shape index (κ1) is 23.7. The van der Waals surface area contributed by atoms with Crippen LogP contribution in [0.15, 0.2) is 18.2 Å². The summed E-state index contributed by atoms with van der Waals surface area (Å²) < 4.78 is 39.7. The number of benzene rings is 1. The fourth-order valence-corrected chi connectivity index (χ4v) is 5.84. The molecule has 1 saturated carbocycles. The standard InChI is InChI=1S/C23H31FN4O4S/c1-23(2,3)20(22(30)25-15-7-8-15)26-21(29)18-16-5-4-6-17(24)19(16)28(27-18)13-14-9-11-33(31,32)12-10-14/h4-6,14-15,20H,7-13H2,1-3H3,(H,25,30)(H,26,29). The lowest BCUT2D eigenvalue weighted by atomic mass is 9.86. The molecule has 0 spiro atoms. The molecule has 2 aliphatic rings. The van der Waals surface area contributed by atoms with Crippen molar-refractivity contribution in [3.8, 4) is 0 Å². The van der Waals surface area contributed by atoms with E-state index in [-0.39, 0.29) is 40.6 Å². The second-order valence-corrected chi connectivity index (χ2v) is 12.6. The number of hydrogen-bond acceptors (Lipinski definition) is 5. The highest BCUT2D eigenvalue weighted by Gasteiger charge is 2.37. The summed E-state index contributed by atoms with van der Waals surface area (Å²) in [4.78, 5) is 26.0. The van der Waals surface area contributed by atoms with Gasteiger partial charge in [-0.2, -0.15) is 5.10 Å². The first-order valence-corrected chi connectivity index (χ1v) is 13.2. The molecule has 180 valence electrons. The number of rotatable bonds is 6. The number of aromatic nitrogens is 2. The quantitative estimate of drug-likeness (QED) is 0.663. The van der Waals surface area contributed by atoms with Gasteiger partial charge in [0.15, 0.2) is 5.69 Å². The molecule has 1 atom stereocenters. The van der Waals surface area contributed by atoms with Gasteiger partial charge in [-0.15, -0.1) is 0 Å². The summed E-state index contributed by atoms with van der Waals surface area (Å²) in [7, 11) is -3.01. The van der Waals surface area contributed by atoms with Crippen LogP contribution in [0, 0.1) is 17.2 Å². The monoisotopic (exact) mass is 478 g/mol. The molecule has 1 saturated heterocycles. The molecule has 2 heterocycles. The van der Waals surface area contributed by atoms with Crippen LogP contribution in [-0.4, -0.2) is 53.6 Å². The van der Waals surface area contributed by atoms with Crippen LogP contribution in [0.4, 0.5) is 4.39 Å². The number of carbonyl (C=O) groups excluding carboxylic acids is 2. The van der Waals surface area contributed by atoms with Crippen molar-refractivity contribution in [2.24, 2.45) is 11.3 Å². The Morgan fingerprint density at radius 1 is 1.18 bits per heavy atom. The zero-order valence-corrected chi connectivity index (χ0v) is 20.0. The summed E-state index contributed by atoms with van der Waals surface area (Å²) in [6.45, 7) is 5.94. The molecule has 2 amide bonds. The van der Waals surface area contributed by atoms with E-state index in [4.69, 9.17) is 0 Å². The van der Waals surface area contributed by atoms with E-state index < -0.39 is 33.0 Å². The van der Waals surface area contributed by atoms with Crippen LogP contribution in [0.1, 0.15) is 56.9 Å². The highest BCUT2D eigenvalue weighted by molar-refractivity contribution is 7.91. The Balaban J connectivity index is 1.61. The van der Waals surface area contributed by atoms with Crippen LogP contribution < -0.4 is 10.6 Å². The number of nitrogens with zero attached hydrogens (tertiary/aromatic N) is 2. The van der Waals surface area contributed by atoms with Crippen molar-refractivity contribution in [1.82, 2.24) is 20.4 Å². The number of hydrogen-bond donors (Lipinski definition) is 2. The van der Waals surface area contributed by atoms with Crippen molar-refractivity contribution in [1.29, 1.82) is 0 Å². The fraction of sp³-hybridized carbons (Fsp3) is 0.609. The Kier molecular flexibility index (Phi) is 6.24. The molecule has 0 bridgehead atoms. The summed E-state index contributed by atoms with van der Waals surface area (Å²) >= 11 is 0. The second-order valence-electron chi connectivity index (χ2n) is 10.3. The van der Waals surface area contributed by atoms with Gasteiger partial charge < -0.3 is 10.6 Å². The molecule has 1 aromatic heterocycles. The van der Waals surface area contributed by atoms with E-state index in [9.17, 15) is 22.4 Å². The molecule has 10 heteroatoms. The predicted molar refractivity (Wildman–Crippen MR) is 123 cm³/mol. The van der Waals surface area contributed by atoms with E-state index in [2.05, 4.69) is 15.7 Å². The smallest absolute Gasteiger partial charge is 0.273 e. The predicted octanol–water partition coefficient (Wildman–Crippen LogP) is 2.42. The van der Waals surface area contributed by atoms with Gasteiger partial charge in [0, 0.05) is 18.0 Å². The van der Waals surface area contributed by atoms with Gasteiger partial charge in [0.25, 0.3) is 5.91 Å². The molecule has 2 fully saturated rings. The van der Waals surface area contributed by atoms with Crippen molar-refractivity contribution < 1.29 is 22.4 Å². The van der Waals surface area contributed by atoms with Crippen molar-refractivity contribution in [2.75, 3.05) is 11.5 Å². The van der Waals surface area contributed by atoms with Crippen LogP contribution in [-0.2, 0) is 21.2 Å². The Morgan fingerprint density at radius 3 is 2.45 bits per heavy atom. The first-order chi connectivity index (χ1) is 15.4. The van der Waals surface area contributed by atoms with Gasteiger partial charge in [-0.3, -0.25) is 14.3 Å². The van der Waals surface area contributed by atoms with Crippen molar-refractivity contribution in [2.45, 2.75) is 65.1 Å². The van der Waals surface area contributed by atoms with Crippen LogP contribution >= 0.6 is 0 Å². The van der Waals surface area contributed by atoms with E-state index in [0.717, 1.165) is 12.8 Å². The lowest BCUT2D eigenvalue weighted by Crippen LogP contribution is -2.54. The number of nitrogens with one attached hydrogen (secondary N) is 2. The van der Waals surface area contributed by atoms with Gasteiger partial charge in [0.2, 0.25) is 5.91 Å². The van der Waals surface area contributed by atoms with Gasteiger partial charge in [-0.1, -0.05) is 32.9 Å². The number of sulfone groups is 1. The minimum atomic E-state index is -3.01. The number of carbonyl (C=O) groups is 2. The molecule has 4 rings (SSSR count). The zero-order chi connectivity index (χ0) is 24.0. The molecule has 1 aromatic carbocycles. The molecule has 1 unspecified atom stereocenters. The summed E-state index contributed by atoms with van der Waals surface area (Å²) in [6.07, 6.45) is 2.83. The molecular weight excluding hydrogens is 447 g/mol. The maximum atomic E-state index is 14.8. The van der Waals surface area contributed by atoms with E-state index in [1.54, 1.807) is 6.07 Å². The lowest BCUT2D eigenvalue weighted by Gasteiger charge is -2.30. The van der Waals surface area contributed by atoms with E-state index in [1.807, 2.05) is 20.8 Å². The average molecular weight is 479 g/mol. The highest BCUT2D eigenvalue weighted by Crippen LogP contribution is 2.28. The fourth-order valence-electron chi connectivity index (χ4n) is 4.25. The number of para-hydroxylation sites is 1. The van der Waals surface area contributed by atoms with Gasteiger partial charge in [0.1, 0.15) is 27.2 Å². The van der Waals surface area contributed by atoms with Crippen LogP contribution in [0.2, 0.25) is 0 Å². The van der Waals surface area contributed by atoms with Crippen molar-refractivity contribution in [3.63, 3.8) is 0 Å². The minimum Gasteiger partial charge on any atom is -0.352 e. The maximum Gasteiger partial charge on any atom is 0.273 e. The van der Waals surface area contributed by atoms with Gasteiger partial charge in [-0.05, 0) is 43.1 Å². The molecule has 1 aliphatic heterocycles. The van der Waals surface area contributed by atoms with Crippen LogP contribution in [0.3, 0.4) is 0 Å². The minimum absolute atomic E-state index is 0.0267. The number of amides is 2. The topological polar surface area (TPSA) is 110 Å².